The lowest BCUT2D eigenvalue weighted by Gasteiger charge is -2.26. The molecule has 3 heteroatoms. The predicted octanol–water partition coefficient (Wildman–Crippen LogP) is 3.47. The number of nitrogens with one attached hydrogen (secondary N) is 1. The molecule has 21 heavy (non-hydrogen) atoms. The van der Waals surface area contributed by atoms with Gasteiger partial charge in [-0.2, -0.15) is 0 Å². The van der Waals surface area contributed by atoms with Gasteiger partial charge in [-0.3, -0.25) is 0 Å². The van der Waals surface area contributed by atoms with Crippen molar-refractivity contribution in [1.82, 2.24) is 5.32 Å². The first kappa shape index (κ1) is 15.7. The van der Waals surface area contributed by atoms with Gasteiger partial charge in [0.15, 0.2) is 0 Å². The van der Waals surface area contributed by atoms with Gasteiger partial charge in [0.05, 0.1) is 11.6 Å². The van der Waals surface area contributed by atoms with E-state index in [0.717, 1.165) is 11.1 Å². The van der Waals surface area contributed by atoms with E-state index in [4.69, 9.17) is 0 Å². The van der Waals surface area contributed by atoms with Crippen LogP contribution < -0.4 is 5.32 Å². The molecule has 2 aromatic carbocycles. The maximum Gasteiger partial charge on any atom is 0.140 e. The van der Waals surface area contributed by atoms with E-state index in [1.807, 2.05) is 60.7 Å². The highest BCUT2D eigenvalue weighted by atomic mass is 19.1. The van der Waals surface area contributed by atoms with Gasteiger partial charge in [-0.1, -0.05) is 60.7 Å². The zero-order valence-corrected chi connectivity index (χ0v) is 12.5. The van der Waals surface area contributed by atoms with Gasteiger partial charge in [0, 0.05) is 6.54 Å². The van der Waals surface area contributed by atoms with Crippen molar-refractivity contribution < 1.29 is 9.50 Å². The molecule has 0 spiro atoms. The Bertz CT molecular complexity index is 497. The normalized spacial score (nSPS) is 13.4. The summed E-state index contributed by atoms with van der Waals surface area (Å²) >= 11 is 0. The molecule has 0 aliphatic rings. The van der Waals surface area contributed by atoms with E-state index < -0.39 is 11.8 Å². The van der Waals surface area contributed by atoms with Gasteiger partial charge < -0.3 is 10.4 Å². The molecule has 0 heterocycles. The van der Waals surface area contributed by atoms with Crippen molar-refractivity contribution in [3.05, 3.63) is 71.8 Å². The molecule has 0 bridgehead atoms. The Morgan fingerprint density at radius 1 is 0.952 bits per heavy atom. The SMILES string of the molecule is CC(C)(O)C(F)CNC(c1ccccc1)c1ccccc1. The Morgan fingerprint density at radius 3 is 1.76 bits per heavy atom. The first-order valence-electron chi connectivity index (χ1n) is 7.18. The zero-order valence-electron chi connectivity index (χ0n) is 12.5. The van der Waals surface area contributed by atoms with Crippen molar-refractivity contribution >= 4 is 0 Å². The lowest BCUT2D eigenvalue weighted by atomic mass is 9.97. The number of benzene rings is 2. The number of hydrogen-bond donors (Lipinski definition) is 2. The van der Waals surface area contributed by atoms with Crippen LogP contribution in [-0.4, -0.2) is 23.4 Å². The predicted molar refractivity (Wildman–Crippen MR) is 83.9 cm³/mol. The molecule has 1 unspecified atom stereocenters. The first-order valence-corrected chi connectivity index (χ1v) is 7.18. The second kappa shape index (κ2) is 6.83. The molecule has 0 amide bonds. The van der Waals surface area contributed by atoms with Gasteiger partial charge in [0.2, 0.25) is 0 Å². The van der Waals surface area contributed by atoms with E-state index in [-0.39, 0.29) is 12.6 Å². The Hall–Kier alpha value is -1.71. The highest BCUT2D eigenvalue weighted by molar-refractivity contribution is 5.31. The summed E-state index contributed by atoms with van der Waals surface area (Å²) in [4.78, 5) is 0. The monoisotopic (exact) mass is 287 g/mol. The molecule has 0 aliphatic carbocycles. The summed E-state index contributed by atoms with van der Waals surface area (Å²) < 4.78 is 14.0. The minimum atomic E-state index is -1.34. The van der Waals surface area contributed by atoms with E-state index in [0.29, 0.717) is 0 Å². The summed E-state index contributed by atoms with van der Waals surface area (Å²) in [6, 6.07) is 19.8. The van der Waals surface area contributed by atoms with Crippen LogP contribution in [0.25, 0.3) is 0 Å². The van der Waals surface area contributed by atoms with E-state index in [1.165, 1.54) is 13.8 Å². The second-order valence-corrected chi connectivity index (χ2v) is 5.78. The van der Waals surface area contributed by atoms with Crippen molar-refractivity contribution in [2.75, 3.05) is 6.54 Å². The molecule has 2 aromatic rings. The summed E-state index contributed by atoms with van der Waals surface area (Å²) in [5.74, 6) is 0. The van der Waals surface area contributed by atoms with Crippen molar-refractivity contribution in [1.29, 1.82) is 0 Å². The first-order chi connectivity index (χ1) is 9.98. The van der Waals surface area contributed by atoms with Crippen LogP contribution in [0.2, 0.25) is 0 Å². The Kier molecular flexibility index (Phi) is 5.10. The maximum atomic E-state index is 14.0. The lowest BCUT2D eigenvalue weighted by molar-refractivity contribution is -0.00294. The van der Waals surface area contributed by atoms with Gasteiger partial charge in [-0.15, -0.1) is 0 Å². The molecular weight excluding hydrogens is 265 g/mol. The van der Waals surface area contributed by atoms with Crippen LogP contribution in [0.4, 0.5) is 4.39 Å². The van der Waals surface area contributed by atoms with Crippen LogP contribution in [0.5, 0.6) is 0 Å². The van der Waals surface area contributed by atoms with Crippen LogP contribution in [0.15, 0.2) is 60.7 Å². The fraction of sp³-hybridized carbons (Fsp3) is 0.333. The summed E-state index contributed by atoms with van der Waals surface area (Å²) in [6.45, 7) is 3.07. The highest BCUT2D eigenvalue weighted by Crippen LogP contribution is 2.22. The van der Waals surface area contributed by atoms with Gasteiger partial charge in [0.1, 0.15) is 6.17 Å². The summed E-state index contributed by atoms with van der Waals surface area (Å²) in [6.07, 6.45) is -1.33. The van der Waals surface area contributed by atoms with E-state index in [2.05, 4.69) is 5.32 Å². The maximum absolute atomic E-state index is 14.0. The number of rotatable bonds is 6. The average Bonchev–Trinajstić information content (AvgIpc) is 2.48. The summed E-state index contributed by atoms with van der Waals surface area (Å²) in [5, 5.41) is 12.9. The van der Waals surface area contributed by atoms with Crippen LogP contribution in [0, 0.1) is 0 Å². The molecule has 0 radical (unpaired) electrons. The molecule has 1 atom stereocenters. The number of hydrogen-bond acceptors (Lipinski definition) is 2. The Balaban J connectivity index is 2.18. The topological polar surface area (TPSA) is 32.3 Å². The molecule has 0 saturated heterocycles. The quantitative estimate of drug-likeness (QED) is 0.852. The molecular formula is C18H22FNO. The van der Waals surface area contributed by atoms with Crippen LogP contribution in [0.1, 0.15) is 31.0 Å². The summed E-state index contributed by atoms with van der Waals surface area (Å²) in [5.41, 5.74) is 0.809. The molecule has 2 N–H and O–H groups in total. The van der Waals surface area contributed by atoms with Crippen molar-refractivity contribution in [3.8, 4) is 0 Å². The second-order valence-electron chi connectivity index (χ2n) is 5.78. The van der Waals surface area contributed by atoms with Crippen LogP contribution >= 0.6 is 0 Å². The van der Waals surface area contributed by atoms with Crippen LogP contribution in [0.3, 0.4) is 0 Å². The molecule has 0 saturated carbocycles. The van der Waals surface area contributed by atoms with E-state index >= 15 is 0 Å². The van der Waals surface area contributed by atoms with Gasteiger partial charge >= 0.3 is 0 Å². The lowest BCUT2D eigenvalue weighted by Crippen LogP contribution is -2.41. The van der Waals surface area contributed by atoms with Gasteiger partial charge in [-0.05, 0) is 25.0 Å². The number of alkyl halides is 1. The molecule has 112 valence electrons. The fourth-order valence-corrected chi connectivity index (χ4v) is 2.19. The molecule has 0 aliphatic heterocycles. The zero-order chi connectivity index (χ0) is 15.3. The van der Waals surface area contributed by atoms with Crippen molar-refractivity contribution in [2.24, 2.45) is 0 Å². The molecule has 0 aromatic heterocycles. The minimum Gasteiger partial charge on any atom is -0.387 e. The van der Waals surface area contributed by atoms with Crippen LogP contribution in [-0.2, 0) is 0 Å². The third-order valence-electron chi connectivity index (χ3n) is 3.53. The third-order valence-corrected chi connectivity index (χ3v) is 3.53. The molecule has 0 fully saturated rings. The third kappa shape index (κ3) is 4.38. The summed E-state index contributed by atoms with van der Waals surface area (Å²) in [7, 11) is 0. The fourth-order valence-electron chi connectivity index (χ4n) is 2.19. The average molecular weight is 287 g/mol. The van der Waals surface area contributed by atoms with E-state index in [9.17, 15) is 9.50 Å². The smallest absolute Gasteiger partial charge is 0.140 e. The molecule has 2 nitrogen and oxygen atoms in total. The van der Waals surface area contributed by atoms with Gasteiger partial charge in [0.25, 0.3) is 0 Å². The Labute approximate surface area is 125 Å². The standard InChI is InChI=1S/C18H22FNO/c1-18(2,21)16(19)13-20-17(14-9-5-3-6-10-14)15-11-7-4-8-12-15/h3-12,16-17,20-21H,13H2,1-2H3. The minimum absolute atomic E-state index is 0.0898. The van der Waals surface area contributed by atoms with E-state index in [1.54, 1.807) is 0 Å². The number of aliphatic hydroxyl groups is 1. The largest absolute Gasteiger partial charge is 0.387 e. The van der Waals surface area contributed by atoms with Gasteiger partial charge in [-0.25, -0.2) is 4.39 Å². The Morgan fingerprint density at radius 2 is 1.38 bits per heavy atom. The van der Waals surface area contributed by atoms with Crippen molar-refractivity contribution in [2.45, 2.75) is 31.7 Å². The highest BCUT2D eigenvalue weighted by Gasteiger charge is 2.27. The molecule has 2 rings (SSSR count). The van der Waals surface area contributed by atoms with Crippen molar-refractivity contribution in [3.63, 3.8) is 0 Å². The number of halogens is 1.